The summed E-state index contributed by atoms with van der Waals surface area (Å²) in [5.74, 6) is 0.0495. The zero-order valence-electron chi connectivity index (χ0n) is 10.4. The highest BCUT2D eigenvalue weighted by Crippen LogP contribution is 2.19. The zero-order valence-corrected chi connectivity index (χ0v) is 11.2. The minimum atomic E-state index is 0.0495. The molecule has 1 N–H and O–H groups in total. The third-order valence-corrected chi connectivity index (χ3v) is 3.28. The molecule has 0 spiro atoms. The smallest absolute Gasteiger partial charge is 0.222 e. The van der Waals surface area contributed by atoms with Crippen molar-refractivity contribution in [1.82, 2.24) is 5.32 Å². The van der Waals surface area contributed by atoms with Gasteiger partial charge >= 0.3 is 0 Å². The second kappa shape index (κ2) is 8.14. The molecule has 0 heterocycles. The van der Waals surface area contributed by atoms with E-state index in [9.17, 15) is 4.79 Å². The molecule has 1 rings (SSSR count). The van der Waals surface area contributed by atoms with E-state index in [0.717, 1.165) is 6.42 Å². The van der Waals surface area contributed by atoms with Gasteiger partial charge in [-0.1, -0.05) is 18.2 Å². The van der Waals surface area contributed by atoms with E-state index in [1.165, 1.54) is 10.5 Å². The number of nitrogens with one attached hydrogen (secondary N) is 1. The number of carbonyl (C=O) groups excluding carboxylic acids is 1. The van der Waals surface area contributed by atoms with Crippen molar-refractivity contribution >= 4 is 17.7 Å². The van der Waals surface area contributed by atoms with Crippen molar-refractivity contribution in [3.05, 3.63) is 29.8 Å². The monoisotopic (exact) mass is 253 g/mol. The number of benzene rings is 1. The largest absolute Gasteiger partial charge is 0.384 e. The number of thioether (sulfide) groups is 1. The summed E-state index contributed by atoms with van der Waals surface area (Å²) in [5, 5.41) is 2.89. The molecule has 0 unspecified atom stereocenters. The summed E-state index contributed by atoms with van der Waals surface area (Å²) in [5.41, 5.74) is 1.28. The van der Waals surface area contributed by atoms with Crippen molar-refractivity contribution in [1.29, 1.82) is 0 Å². The molecule has 0 saturated heterocycles. The van der Waals surface area contributed by atoms with Crippen LogP contribution in [0.15, 0.2) is 29.2 Å². The number of hydrogen-bond donors (Lipinski definition) is 1. The molecule has 0 radical (unpaired) electrons. The quantitative estimate of drug-likeness (QED) is 0.756. The van der Waals surface area contributed by atoms with Crippen molar-refractivity contribution in [3.8, 4) is 0 Å². The van der Waals surface area contributed by atoms with E-state index in [0.29, 0.717) is 19.6 Å². The average molecular weight is 253 g/mol. The molecule has 0 atom stereocenters. The van der Waals surface area contributed by atoms with Gasteiger partial charge in [0.05, 0.1) is 6.61 Å². The van der Waals surface area contributed by atoms with Crippen LogP contribution in [-0.4, -0.2) is 32.4 Å². The van der Waals surface area contributed by atoms with E-state index >= 15 is 0 Å². The van der Waals surface area contributed by atoms with Crippen LogP contribution in [0, 0.1) is 0 Å². The maximum atomic E-state index is 11.4. The molecule has 17 heavy (non-hydrogen) atoms. The molecule has 1 aromatic carbocycles. The van der Waals surface area contributed by atoms with Crippen LogP contribution in [0.25, 0.3) is 0 Å². The lowest BCUT2D eigenvalue weighted by Crippen LogP contribution is -2.26. The summed E-state index contributed by atoms with van der Waals surface area (Å²) in [6, 6.07) is 8.27. The third kappa shape index (κ3) is 5.24. The fourth-order valence-corrected chi connectivity index (χ4v) is 2.18. The second-order valence-corrected chi connectivity index (χ2v) is 4.50. The Morgan fingerprint density at radius 2 is 2.18 bits per heavy atom. The summed E-state index contributed by atoms with van der Waals surface area (Å²) in [4.78, 5) is 12.6. The van der Waals surface area contributed by atoms with Crippen molar-refractivity contribution in [3.63, 3.8) is 0 Å². The highest BCUT2D eigenvalue weighted by molar-refractivity contribution is 7.98. The fraction of sp³-hybridized carbons (Fsp3) is 0.462. The Balaban J connectivity index is 2.33. The number of methoxy groups -OCH3 is 1. The van der Waals surface area contributed by atoms with Crippen LogP contribution in [-0.2, 0) is 16.0 Å². The van der Waals surface area contributed by atoms with Crippen LogP contribution in [0.3, 0.4) is 0 Å². The van der Waals surface area contributed by atoms with E-state index in [1.54, 1.807) is 18.9 Å². The molecule has 0 aromatic heterocycles. The zero-order chi connectivity index (χ0) is 12.5. The van der Waals surface area contributed by atoms with Gasteiger partial charge in [0.25, 0.3) is 0 Å². The molecule has 0 aliphatic heterocycles. The van der Waals surface area contributed by atoms with E-state index in [1.807, 2.05) is 12.1 Å². The SMILES string of the molecule is COCCC(=O)NCCc1ccccc1SC. The number of ether oxygens (including phenoxy) is 1. The fourth-order valence-electron chi connectivity index (χ4n) is 1.53. The molecule has 3 nitrogen and oxygen atoms in total. The summed E-state index contributed by atoms with van der Waals surface area (Å²) in [6.45, 7) is 1.16. The summed E-state index contributed by atoms with van der Waals surface area (Å²) < 4.78 is 4.85. The highest BCUT2D eigenvalue weighted by Gasteiger charge is 2.02. The molecule has 0 saturated carbocycles. The van der Waals surface area contributed by atoms with E-state index < -0.39 is 0 Å². The number of rotatable bonds is 7. The Kier molecular flexibility index (Phi) is 6.74. The molecular weight excluding hydrogens is 234 g/mol. The Bertz CT molecular complexity index is 355. The predicted molar refractivity (Wildman–Crippen MR) is 71.4 cm³/mol. The number of amides is 1. The topological polar surface area (TPSA) is 38.3 Å². The second-order valence-electron chi connectivity index (χ2n) is 3.65. The standard InChI is InChI=1S/C13H19NO2S/c1-16-10-8-13(15)14-9-7-11-5-3-4-6-12(11)17-2/h3-6H,7-10H2,1-2H3,(H,14,15). The van der Waals surface area contributed by atoms with E-state index in [4.69, 9.17) is 4.74 Å². The maximum absolute atomic E-state index is 11.4. The van der Waals surface area contributed by atoms with Gasteiger partial charge < -0.3 is 10.1 Å². The lowest BCUT2D eigenvalue weighted by atomic mass is 10.1. The van der Waals surface area contributed by atoms with Gasteiger partial charge in [-0.3, -0.25) is 4.79 Å². The van der Waals surface area contributed by atoms with Crippen LogP contribution >= 0.6 is 11.8 Å². The van der Waals surface area contributed by atoms with Crippen molar-refractivity contribution in [2.24, 2.45) is 0 Å². The Morgan fingerprint density at radius 1 is 1.41 bits per heavy atom. The first-order chi connectivity index (χ1) is 8.27. The molecule has 1 amide bonds. The summed E-state index contributed by atoms with van der Waals surface area (Å²) >= 11 is 1.74. The molecule has 0 aliphatic rings. The van der Waals surface area contributed by atoms with Crippen molar-refractivity contribution < 1.29 is 9.53 Å². The Morgan fingerprint density at radius 3 is 2.88 bits per heavy atom. The lowest BCUT2D eigenvalue weighted by Gasteiger charge is -2.08. The lowest BCUT2D eigenvalue weighted by molar-refractivity contribution is -0.121. The van der Waals surface area contributed by atoms with Gasteiger partial charge in [-0.25, -0.2) is 0 Å². The molecule has 4 heteroatoms. The number of carbonyl (C=O) groups is 1. The van der Waals surface area contributed by atoms with Gasteiger partial charge in [0.2, 0.25) is 5.91 Å². The minimum Gasteiger partial charge on any atom is -0.384 e. The first-order valence-corrected chi connectivity index (χ1v) is 6.88. The van der Waals surface area contributed by atoms with Crippen molar-refractivity contribution in [2.75, 3.05) is 26.5 Å². The average Bonchev–Trinajstić information content (AvgIpc) is 2.37. The van der Waals surface area contributed by atoms with Crippen LogP contribution < -0.4 is 5.32 Å². The van der Waals surface area contributed by atoms with Crippen LogP contribution in [0.1, 0.15) is 12.0 Å². The first kappa shape index (κ1) is 14.1. The normalized spacial score (nSPS) is 10.2. The van der Waals surface area contributed by atoms with Gasteiger partial charge in [0.1, 0.15) is 0 Å². The molecule has 94 valence electrons. The molecule has 1 aromatic rings. The van der Waals surface area contributed by atoms with Gasteiger partial charge in [-0.05, 0) is 24.3 Å². The van der Waals surface area contributed by atoms with Gasteiger partial charge in [-0.2, -0.15) is 0 Å². The molecule has 0 aliphatic carbocycles. The van der Waals surface area contributed by atoms with Crippen LogP contribution in [0.5, 0.6) is 0 Å². The summed E-state index contributed by atoms with van der Waals surface area (Å²) in [7, 11) is 1.60. The van der Waals surface area contributed by atoms with Crippen LogP contribution in [0.4, 0.5) is 0 Å². The van der Waals surface area contributed by atoms with Crippen LogP contribution in [0.2, 0.25) is 0 Å². The number of hydrogen-bond acceptors (Lipinski definition) is 3. The molecule has 0 bridgehead atoms. The minimum absolute atomic E-state index is 0.0495. The maximum Gasteiger partial charge on any atom is 0.222 e. The predicted octanol–water partition coefficient (Wildman–Crippen LogP) is 2.10. The highest BCUT2D eigenvalue weighted by atomic mass is 32.2. The third-order valence-electron chi connectivity index (χ3n) is 2.44. The Hall–Kier alpha value is -1.00. The van der Waals surface area contributed by atoms with Gasteiger partial charge in [-0.15, -0.1) is 11.8 Å². The van der Waals surface area contributed by atoms with E-state index in [2.05, 4.69) is 23.7 Å². The van der Waals surface area contributed by atoms with E-state index in [-0.39, 0.29) is 5.91 Å². The van der Waals surface area contributed by atoms with Gasteiger partial charge in [0.15, 0.2) is 0 Å². The first-order valence-electron chi connectivity index (χ1n) is 5.65. The van der Waals surface area contributed by atoms with Gasteiger partial charge in [0, 0.05) is 25.0 Å². The Labute approximate surface area is 107 Å². The summed E-state index contributed by atoms with van der Waals surface area (Å²) in [6.07, 6.45) is 3.37. The molecule has 0 fully saturated rings. The molecular formula is C13H19NO2S. The van der Waals surface area contributed by atoms with Crippen molar-refractivity contribution in [2.45, 2.75) is 17.7 Å².